The molecular formula is C16H15P. The third kappa shape index (κ3) is 2.18. The molecule has 1 aromatic carbocycles. The Morgan fingerprint density at radius 3 is 2.53 bits per heavy atom. The van der Waals surface area contributed by atoms with Crippen molar-refractivity contribution in [2.45, 2.75) is 12.8 Å². The molecule has 0 amide bonds. The maximum Gasteiger partial charge on any atom is -0.00836 e. The van der Waals surface area contributed by atoms with Gasteiger partial charge in [0.2, 0.25) is 0 Å². The molecule has 2 aliphatic rings. The maximum absolute atomic E-state index is 2.37. The van der Waals surface area contributed by atoms with Crippen LogP contribution in [0.15, 0.2) is 77.4 Å². The Morgan fingerprint density at radius 2 is 1.88 bits per heavy atom. The SMILES string of the molecule is C1=CCC(P(C2=CCC=C2)c2ccccc2)=C1. The zero-order valence-electron chi connectivity index (χ0n) is 9.71. The van der Waals surface area contributed by atoms with Crippen LogP contribution in [0.4, 0.5) is 0 Å². The van der Waals surface area contributed by atoms with Gasteiger partial charge in [0.05, 0.1) is 0 Å². The lowest BCUT2D eigenvalue weighted by Gasteiger charge is -2.20. The number of rotatable bonds is 3. The fourth-order valence-electron chi connectivity index (χ4n) is 2.27. The minimum absolute atomic E-state index is 0.285. The van der Waals surface area contributed by atoms with E-state index in [0.717, 1.165) is 12.8 Å². The second-order valence-corrected chi connectivity index (χ2v) is 6.51. The molecule has 0 saturated carbocycles. The summed E-state index contributed by atoms with van der Waals surface area (Å²) in [5, 5.41) is 4.56. The monoisotopic (exact) mass is 238 g/mol. The lowest BCUT2D eigenvalue weighted by molar-refractivity contribution is 1.40. The van der Waals surface area contributed by atoms with Crippen molar-refractivity contribution in [2.24, 2.45) is 0 Å². The lowest BCUT2D eigenvalue weighted by Crippen LogP contribution is -2.01. The first-order valence-electron chi connectivity index (χ1n) is 6.03. The Balaban J connectivity index is 2.00. The fraction of sp³-hybridized carbons (Fsp3) is 0.125. The van der Waals surface area contributed by atoms with Crippen molar-refractivity contribution in [2.75, 3.05) is 0 Å². The Kier molecular flexibility index (Phi) is 3.07. The van der Waals surface area contributed by atoms with E-state index in [2.05, 4.69) is 66.8 Å². The molecule has 3 rings (SSSR count). The molecule has 0 radical (unpaired) electrons. The zero-order chi connectivity index (χ0) is 11.5. The fourth-order valence-corrected chi connectivity index (χ4v) is 4.77. The van der Waals surface area contributed by atoms with Gasteiger partial charge in [0.15, 0.2) is 0 Å². The first kappa shape index (κ1) is 10.7. The first-order chi connectivity index (χ1) is 8.45. The van der Waals surface area contributed by atoms with Crippen LogP contribution >= 0.6 is 7.92 Å². The third-order valence-electron chi connectivity index (χ3n) is 3.06. The van der Waals surface area contributed by atoms with Gasteiger partial charge in [-0.05, 0) is 36.7 Å². The molecule has 0 aliphatic heterocycles. The topological polar surface area (TPSA) is 0 Å². The molecule has 84 valence electrons. The quantitative estimate of drug-likeness (QED) is 0.681. The second-order valence-electron chi connectivity index (χ2n) is 4.23. The number of allylic oxidation sites excluding steroid dienone is 8. The molecule has 1 aromatic rings. The van der Waals surface area contributed by atoms with Crippen molar-refractivity contribution >= 4 is 13.2 Å². The third-order valence-corrected chi connectivity index (χ3v) is 5.63. The van der Waals surface area contributed by atoms with E-state index in [4.69, 9.17) is 0 Å². The van der Waals surface area contributed by atoms with E-state index in [1.807, 2.05) is 0 Å². The smallest absolute Gasteiger partial charge is 0.00836 e. The summed E-state index contributed by atoms with van der Waals surface area (Å²) in [6, 6.07) is 10.9. The van der Waals surface area contributed by atoms with Gasteiger partial charge in [-0.1, -0.05) is 66.8 Å². The molecule has 2 aliphatic carbocycles. The van der Waals surface area contributed by atoms with Gasteiger partial charge in [-0.25, -0.2) is 0 Å². The molecule has 0 spiro atoms. The Bertz CT molecular complexity index is 518. The summed E-state index contributed by atoms with van der Waals surface area (Å²) in [5.41, 5.74) is 0. The average molecular weight is 238 g/mol. The first-order valence-corrected chi connectivity index (χ1v) is 7.37. The van der Waals surface area contributed by atoms with Gasteiger partial charge in [0, 0.05) is 0 Å². The standard InChI is InChI=1S/C16H15P/c1-2-8-14(9-3-1)17(15-10-4-5-11-15)16-12-6-7-13-16/h1-6,8-10,12-13H,7,11H2. The predicted molar refractivity (Wildman–Crippen MR) is 76.7 cm³/mol. The molecule has 0 fully saturated rings. The Morgan fingerprint density at radius 1 is 1.00 bits per heavy atom. The van der Waals surface area contributed by atoms with Crippen molar-refractivity contribution in [3.8, 4) is 0 Å². The molecule has 0 saturated heterocycles. The molecule has 1 heteroatoms. The number of benzene rings is 1. The van der Waals surface area contributed by atoms with Crippen LogP contribution < -0.4 is 5.30 Å². The molecule has 0 N–H and O–H groups in total. The summed E-state index contributed by atoms with van der Waals surface area (Å²) in [4.78, 5) is 0. The largest absolute Gasteiger partial charge is 0.0801 e. The van der Waals surface area contributed by atoms with Crippen LogP contribution in [0.5, 0.6) is 0 Å². The summed E-state index contributed by atoms with van der Waals surface area (Å²) >= 11 is 0. The van der Waals surface area contributed by atoms with Gasteiger partial charge in [-0.2, -0.15) is 0 Å². The molecule has 17 heavy (non-hydrogen) atoms. The normalized spacial score (nSPS) is 19.3. The number of hydrogen-bond donors (Lipinski definition) is 0. The van der Waals surface area contributed by atoms with Crippen molar-refractivity contribution in [1.82, 2.24) is 0 Å². The molecule has 0 nitrogen and oxygen atoms in total. The lowest BCUT2D eigenvalue weighted by atomic mass is 10.4. The van der Waals surface area contributed by atoms with Crippen LogP contribution in [0, 0.1) is 0 Å². The second kappa shape index (κ2) is 4.85. The highest BCUT2D eigenvalue weighted by atomic mass is 31.1. The average Bonchev–Trinajstić information content (AvgIpc) is 3.04. The van der Waals surface area contributed by atoms with Gasteiger partial charge in [0.1, 0.15) is 0 Å². The van der Waals surface area contributed by atoms with E-state index in [0.29, 0.717) is 0 Å². The molecule has 0 bridgehead atoms. The van der Waals surface area contributed by atoms with Crippen LogP contribution in [-0.4, -0.2) is 0 Å². The number of hydrogen-bond acceptors (Lipinski definition) is 0. The van der Waals surface area contributed by atoms with E-state index >= 15 is 0 Å². The maximum atomic E-state index is 2.37. The van der Waals surface area contributed by atoms with Gasteiger partial charge >= 0.3 is 0 Å². The van der Waals surface area contributed by atoms with Gasteiger partial charge in [-0.15, -0.1) is 0 Å². The highest BCUT2D eigenvalue weighted by Gasteiger charge is 2.20. The Hall–Kier alpha value is -1.39. The van der Waals surface area contributed by atoms with E-state index in [1.165, 1.54) is 10.6 Å². The highest BCUT2D eigenvalue weighted by molar-refractivity contribution is 7.73. The summed E-state index contributed by atoms with van der Waals surface area (Å²) in [6.45, 7) is 0. The van der Waals surface area contributed by atoms with Crippen molar-refractivity contribution in [3.63, 3.8) is 0 Å². The molecule has 1 atom stereocenters. The van der Waals surface area contributed by atoms with Crippen LogP contribution in [0.25, 0.3) is 0 Å². The van der Waals surface area contributed by atoms with Crippen LogP contribution in [0.2, 0.25) is 0 Å². The van der Waals surface area contributed by atoms with E-state index in [-0.39, 0.29) is 7.92 Å². The predicted octanol–water partition coefficient (Wildman–Crippen LogP) is 4.48. The minimum atomic E-state index is -0.285. The van der Waals surface area contributed by atoms with Gasteiger partial charge < -0.3 is 0 Å². The van der Waals surface area contributed by atoms with E-state index in [9.17, 15) is 0 Å². The van der Waals surface area contributed by atoms with Crippen LogP contribution in [0.3, 0.4) is 0 Å². The van der Waals surface area contributed by atoms with Crippen molar-refractivity contribution < 1.29 is 0 Å². The molecule has 0 aromatic heterocycles. The van der Waals surface area contributed by atoms with Gasteiger partial charge in [0.25, 0.3) is 0 Å². The summed E-state index contributed by atoms with van der Waals surface area (Å²) in [6.07, 6.45) is 15.9. The summed E-state index contributed by atoms with van der Waals surface area (Å²) in [5.74, 6) is 0. The molecular weight excluding hydrogens is 223 g/mol. The van der Waals surface area contributed by atoms with Crippen molar-refractivity contribution in [3.05, 3.63) is 77.4 Å². The van der Waals surface area contributed by atoms with Crippen LogP contribution in [-0.2, 0) is 0 Å². The van der Waals surface area contributed by atoms with Gasteiger partial charge in [-0.3, -0.25) is 0 Å². The summed E-state index contributed by atoms with van der Waals surface area (Å²) in [7, 11) is -0.285. The zero-order valence-corrected chi connectivity index (χ0v) is 10.6. The molecule has 0 heterocycles. The minimum Gasteiger partial charge on any atom is -0.0801 e. The molecule has 1 unspecified atom stereocenters. The highest BCUT2D eigenvalue weighted by Crippen LogP contribution is 2.55. The van der Waals surface area contributed by atoms with Crippen molar-refractivity contribution in [1.29, 1.82) is 0 Å². The van der Waals surface area contributed by atoms with E-state index in [1.54, 1.807) is 5.31 Å². The Labute approximate surface area is 104 Å². The van der Waals surface area contributed by atoms with E-state index < -0.39 is 0 Å². The van der Waals surface area contributed by atoms with Crippen LogP contribution in [0.1, 0.15) is 12.8 Å². The summed E-state index contributed by atoms with van der Waals surface area (Å²) < 4.78 is 0.